The molecule has 0 radical (unpaired) electrons. The Bertz CT molecular complexity index is 746. The van der Waals surface area contributed by atoms with Crippen LogP contribution in [0, 0.1) is 11.3 Å². The second-order valence-corrected chi connectivity index (χ2v) is 5.10. The number of fused-ring (bicyclic) bond motifs is 1. The topological polar surface area (TPSA) is 36.7 Å². The molecule has 1 aromatic heterocycles. The number of nitrogens with zero attached hydrogens (tertiary/aromatic N) is 2. The number of thiazole rings is 1. The van der Waals surface area contributed by atoms with E-state index in [9.17, 15) is 5.26 Å². The number of nitriles is 1. The van der Waals surface area contributed by atoms with Gasteiger partial charge in [-0.3, -0.25) is 0 Å². The van der Waals surface area contributed by atoms with Crippen LogP contribution in [0.5, 0.6) is 0 Å². The zero-order valence-electron chi connectivity index (χ0n) is 10.1. The lowest BCUT2D eigenvalue weighted by Crippen LogP contribution is -1.80. The Balaban J connectivity index is 2.08. The fraction of sp³-hybridized carbons (Fsp3) is 0. The lowest BCUT2D eigenvalue weighted by Gasteiger charge is -1.94. The van der Waals surface area contributed by atoms with Crippen LogP contribution in [0.2, 0.25) is 0 Å². The normalized spacial score (nSPS) is 11.4. The highest BCUT2D eigenvalue weighted by atomic mass is 32.1. The Morgan fingerprint density at radius 1 is 1.05 bits per heavy atom. The van der Waals surface area contributed by atoms with Crippen molar-refractivity contribution < 1.29 is 0 Å². The number of benzene rings is 2. The molecule has 0 saturated carbocycles. The quantitative estimate of drug-likeness (QED) is 0.643. The minimum Gasteiger partial charge on any atom is -0.235 e. The Morgan fingerprint density at radius 3 is 2.53 bits per heavy atom. The first kappa shape index (κ1) is 11.6. The minimum absolute atomic E-state index is 0.604. The third-order valence-electron chi connectivity index (χ3n) is 2.76. The first-order chi connectivity index (χ1) is 9.36. The molecule has 0 aliphatic heterocycles. The summed E-state index contributed by atoms with van der Waals surface area (Å²) in [5.74, 6) is 0. The zero-order chi connectivity index (χ0) is 13.1. The van der Waals surface area contributed by atoms with Crippen molar-refractivity contribution in [2.24, 2.45) is 0 Å². The van der Waals surface area contributed by atoms with E-state index >= 15 is 0 Å². The van der Waals surface area contributed by atoms with Gasteiger partial charge >= 0.3 is 0 Å². The molecule has 0 amide bonds. The minimum atomic E-state index is 0.604. The first-order valence-electron chi connectivity index (χ1n) is 5.89. The van der Waals surface area contributed by atoms with Gasteiger partial charge in [0.25, 0.3) is 0 Å². The third kappa shape index (κ3) is 2.40. The van der Waals surface area contributed by atoms with Crippen molar-refractivity contribution in [1.29, 1.82) is 5.26 Å². The molecule has 0 bridgehead atoms. The van der Waals surface area contributed by atoms with Crippen LogP contribution in [0.4, 0.5) is 0 Å². The van der Waals surface area contributed by atoms with Gasteiger partial charge < -0.3 is 0 Å². The molecule has 3 rings (SSSR count). The Morgan fingerprint density at radius 2 is 1.79 bits per heavy atom. The van der Waals surface area contributed by atoms with Crippen molar-refractivity contribution >= 4 is 33.2 Å². The molecule has 2 nitrogen and oxygen atoms in total. The van der Waals surface area contributed by atoms with E-state index in [1.807, 2.05) is 60.7 Å². The fourth-order valence-electron chi connectivity index (χ4n) is 1.85. The molecule has 0 fully saturated rings. The molecule has 19 heavy (non-hydrogen) atoms. The average molecular weight is 262 g/mol. The molecule has 90 valence electrons. The van der Waals surface area contributed by atoms with Crippen LogP contribution in [0.15, 0.2) is 54.6 Å². The summed E-state index contributed by atoms with van der Waals surface area (Å²) in [6.07, 6.45) is 1.87. The van der Waals surface area contributed by atoms with Gasteiger partial charge in [0.05, 0.1) is 15.8 Å². The molecule has 0 aliphatic rings. The number of para-hydroxylation sites is 1. The van der Waals surface area contributed by atoms with Gasteiger partial charge in [0.2, 0.25) is 0 Å². The molecule has 3 heteroatoms. The van der Waals surface area contributed by atoms with Crippen molar-refractivity contribution in [1.82, 2.24) is 4.98 Å². The lowest BCUT2D eigenvalue weighted by molar-refractivity contribution is 1.44. The van der Waals surface area contributed by atoms with E-state index in [1.165, 1.54) is 0 Å². The number of rotatable bonds is 2. The summed E-state index contributed by atoms with van der Waals surface area (Å²) < 4.78 is 1.10. The van der Waals surface area contributed by atoms with E-state index in [0.717, 1.165) is 20.8 Å². The van der Waals surface area contributed by atoms with E-state index in [1.54, 1.807) is 11.3 Å². The number of aromatic nitrogens is 1. The molecule has 0 saturated heterocycles. The highest BCUT2D eigenvalue weighted by molar-refractivity contribution is 7.19. The Kier molecular flexibility index (Phi) is 3.09. The van der Waals surface area contributed by atoms with Gasteiger partial charge in [-0.15, -0.1) is 11.3 Å². The molecule has 0 aliphatic carbocycles. The van der Waals surface area contributed by atoms with Gasteiger partial charge in [-0.05, 0) is 23.8 Å². The molecule has 1 heterocycles. The summed E-state index contributed by atoms with van der Waals surface area (Å²) in [4.78, 5) is 4.51. The van der Waals surface area contributed by atoms with Crippen LogP contribution in [0.25, 0.3) is 21.9 Å². The summed E-state index contributed by atoms with van der Waals surface area (Å²) in [7, 11) is 0. The number of hydrogen-bond donors (Lipinski definition) is 0. The van der Waals surface area contributed by atoms with Crippen LogP contribution >= 0.6 is 11.3 Å². The van der Waals surface area contributed by atoms with Crippen molar-refractivity contribution in [2.75, 3.05) is 0 Å². The smallest absolute Gasteiger partial charge is 0.135 e. The maximum atomic E-state index is 9.31. The van der Waals surface area contributed by atoms with Gasteiger partial charge in [-0.25, -0.2) is 4.98 Å². The lowest BCUT2D eigenvalue weighted by atomic mass is 10.1. The highest BCUT2D eigenvalue weighted by Gasteiger charge is 2.08. The standard InChI is InChI=1S/C16H10N2S/c17-11-13(10-12-6-2-1-3-7-12)16-18-14-8-4-5-9-15(14)19-16/h1-10H. The van der Waals surface area contributed by atoms with Crippen LogP contribution in [-0.2, 0) is 0 Å². The van der Waals surface area contributed by atoms with Crippen LogP contribution < -0.4 is 0 Å². The fourth-order valence-corrected chi connectivity index (χ4v) is 2.78. The van der Waals surface area contributed by atoms with Gasteiger partial charge in [0.1, 0.15) is 11.1 Å². The average Bonchev–Trinajstić information content (AvgIpc) is 2.89. The van der Waals surface area contributed by atoms with Crippen LogP contribution in [0.3, 0.4) is 0 Å². The predicted molar refractivity (Wildman–Crippen MR) is 79.5 cm³/mol. The van der Waals surface area contributed by atoms with Crippen molar-refractivity contribution in [2.45, 2.75) is 0 Å². The molecule has 2 aromatic carbocycles. The van der Waals surface area contributed by atoms with E-state index in [-0.39, 0.29) is 0 Å². The maximum Gasteiger partial charge on any atom is 0.135 e. The van der Waals surface area contributed by atoms with Gasteiger partial charge in [-0.1, -0.05) is 42.5 Å². The van der Waals surface area contributed by atoms with E-state index in [4.69, 9.17) is 0 Å². The van der Waals surface area contributed by atoms with E-state index < -0.39 is 0 Å². The van der Waals surface area contributed by atoms with Gasteiger partial charge in [-0.2, -0.15) is 5.26 Å². The summed E-state index contributed by atoms with van der Waals surface area (Å²) in [5, 5.41) is 10.1. The van der Waals surface area contributed by atoms with Crippen LogP contribution in [-0.4, -0.2) is 4.98 Å². The summed E-state index contributed by atoms with van der Waals surface area (Å²) >= 11 is 1.55. The molecular weight excluding hydrogens is 252 g/mol. The van der Waals surface area contributed by atoms with Gasteiger partial charge in [0, 0.05) is 0 Å². The first-order valence-corrected chi connectivity index (χ1v) is 6.71. The molecule has 0 spiro atoms. The second-order valence-electron chi connectivity index (χ2n) is 4.07. The van der Waals surface area contributed by atoms with Crippen molar-refractivity contribution in [3.8, 4) is 6.07 Å². The second kappa shape index (κ2) is 5.05. The third-order valence-corrected chi connectivity index (χ3v) is 3.83. The summed E-state index contributed by atoms with van der Waals surface area (Å²) in [6, 6.07) is 20.0. The zero-order valence-corrected chi connectivity index (χ0v) is 10.9. The predicted octanol–water partition coefficient (Wildman–Crippen LogP) is 4.36. The highest BCUT2D eigenvalue weighted by Crippen LogP contribution is 2.27. The SMILES string of the molecule is N#CC(=Cc1ccccc1)c1nc2ccccc2s1. The molecule has 0 N–H and O–H groups in total. The monoisotopic (exact) mass is 262 g/mol. The largest absolute Gasteiger partial charge is 0.235 e. The summed E-state index contributed by atoms with van der Waals surface area (Å²) in [5.41, 5.74) is 2.56. The maximum absolute atomic E-state index is 9.31. The van der Waals surface area contributed by atoms with Gasteiger partial charge in [0.15, 0.2) is 0 Å². The number of allylic oxidation sites excluding steroid dienone is 1. The van der Waals surface area contributed by atoms with Crippen LogP contribution in [0.1, 0.15) is 10.6 Å². The van der Waals surface area contributed by atoms with E-state index in [0.29, 0.717) is 5.57 Å². The number of hydrogen-bond acceptors (Lipinski definition) is 3. The molecule has 0 atom stereocenters. The van der Waals surface area contributed by atoms with E-state index in [2.05, 4.69) is 11.1 Å². The Hall–Kier alpha value is -2.44. The molecule has 3 aromatic rings. The Labute approximate surface area is 115 Å². The molecule has 0 unspecified atom stereocenters. The van der Waals surface area contributed by atoms with Crippen molar-refractivity contribution in [3.63, 3.8) is 0 Å². The summed E-state index contributed by atoms with van der Waals surface area (Å²) in [6.45, 7) is 0. The molecular formula is C16H10N2S. The van der Waals surface area contributed by atoms with Crippen molar-refractivity contribution in [3.05, 3.63) is 65.2 Å².